The van der Waals surface area contributed by atoms with Crippen LogP contribution in [0.2, 0.25) is 0 Å². The summed E-state index contributed by atoms with van der Waals surface area (Å²) in [6.45, 7) is 6.91. The molecule has 2 rings (SSSR count). The van der Waals surface area contributed by atoms with Gasteiger partial charge in [0.25, 0.3) is 0 Å². The highest BCUT2D eigenvalue weighted by Crippen LogP contribution is 2.35. The number of hydrogen-bond acceptors (Lipinski definition) is 2. The van der Waals surface area contributed by atoms with Crippen molar-refractivity contribution in [3.8, 4) is 0 Å². The summed E-state index contributed by atoms with van der Waals surface area (Å²) in [5.74, 6) is 8.21. The van der Waals surface area contributed by atoms with Crippen LogP contribution in [-0.2, 0) is 6.42 Å². The normalized spacial score (nSPS) is 29.2. The predicted molar refractivity (Wildman–Crippen MR) is 81.7 cm³/mol. The highest BCUT2D eigenvalue weighted by atomic mass is 15.2. The first-order valence-electron chi connectivity index (χ1n) is 7.60. The van der Waals surface area contributed by atoms with Gasteiger partial charge in [-0.05, 0) is 55.9 Å². The second kappa shape index (κ2) is 6.53. The SMILES string of the molecule is Cc1cccc(CC(NN)C2CC(C)CC(C)C2)c1. The molecule has 1 saturated carbocycles. The van der Waals surface area contributed by atoms with Gasteiger partial charge in [-0.3, -0.25) is 11.3 Å². The molecular formula is C17H28N2. The Kier molecular flexibility index (Phi) is 5.00. The summed E-state index contributed by atoms with van der Waals surface area (Å²) < 4.78 is 0. The van der Waals surface area contributed by atoms with Crippen molar-refractivity contribution in [1.29, 1.82) is 0 Å². The van der Waals surface area contributed by atoms with Crippen molar-refractivity contribution in [2.45, 2.75) is 52.5 Å². The minimum atomic E-state index is 0.409. The first-order valence-corrected chi connectivity index (χ1v) is 7.60. The molecule has 1 aromatic rings. The number of benzene rings is 1. The summed E-state index contributed by atoms with van der Waals surface area (Å²) in [5.41, 5.74) is 5.81. The van der Waals surface area contributed by atoms with Crippen LogP contribution < -0.4 is 11.3 Å². The van der Waals surface area contributed by atoms with E-state index in [1.807, 2.05) is 0 Å². The van der Waals surface area contributed by atoms with E-state index in [2.05, 4.69) is 50.5 Å². The van der Waals surface area contributed by atoms with E-state index in [-0.39, 0.29) is 0 Å². The summed E-state index contributed by atoms with van der Waals surface area (Å²) in [7, 11) is 0. The average Bonchev–Trinajstić information content (AvgIpc) is 2.34. The van der Waals surface area contributed by atoms with Crippen LogP contribution in [0.5, 0.6) is 0 Å². The predicted octanol–water partition coefficient (Wildman–Crippen LogP) is 3.44. The molecule has 1 aromatic carbocycles. The second-order valence-electron chi connectivity index (χ2n) is 6.64. The molecule has 0 saturated heterocycles. The van der Waals surface area contributed by atoms with Crippen LogP contribution in [0.3, 0.4) is 0 Å². The molecule has 0 bridgehead atoms. The first-order chi connectivity index (χ1) is 9.08. The molecule has 19 heavy (non-hydrogen) atoms. The van der Waals surface area contributed by atoms with E-state index < -0.39 is 0 Å². The summed E-state index contributed by atoms with van der Waals surface area (Å²) in [4.78, 5) is 0. The molecular weight excluding hydrogens is 232 g/mol. The Morgan fingerprint density at radius 1 is 1.21 bits per heavy atom. The van der Waals surface area contributed by atoms with Crippen molar-refractivity contribution in [1.82, 2.24) is 5.43 Å². The zero-order chi connectivity index (χ0) is 13.8. The van der Waals surface area contributed by atoms with Gasteiger partial charge in [0, 0.05) is 6.04 Å². The maximum Gasteiger partial charge on any atom is 0.0279 e. The molecule has 3 unspecified atom stereocenters. The number of aryl methyl sites for hydroxylation is 1. The monoisotopic (exact) mass is 260 g/mol. The van der Waals surface area contributed by atoms with E-state index >= 15 is 0 Å². The second-order valence-corrected chi connectivity index (χ2v) is 6.64. The van der Waals surface area contributed by atoms with Crippen LogP contribution in [-0.4, -0.2) is 6.04 Å². The fraction of sp³-hybridized carbons (Fsp3) is 0.647. The molecule has 1 aliphatic rings. The van der Waals surface area contributed by atoms with Crippen LogP contribution in [0.15, 0.2) is 24.3 Å². The number of hydrazine groups is 1. The molecule has 0 amide bonds. The highest BCUT2D eigenvalue weighted by molar-refractivity contribution is 5.23. The molecule has 1 fully saturated rings. The van der Waals surface area contributed by atoms with Gasteiger partial charge in [-0.2, -0.15) is 0 Å². The quantitative estimate of drug-likeness (QED) is 0.643. The van der Waals surface area contributed by atoms with E-state index in [0.717, 1.165) is 18.3 Å². The van der Waals surface area contributed by atoms with Crippen molar-refractivity contribution in [3.05, 3.63) is 35.4 Å². The number of hydrogen-bond donors (Lipinski definition) is 2. The van der Waals surface area contributed by atoms with Crippen molar-refractivity contribution in [3.63, 3.8) is 0 Å². The van der Waals surface area contributed by atoms with Crippen molar-refractivity contribution < 1.29 is 0 Å². The molecule has 0 spiro atoms. The number of rotatable bonds is 4. The van der Waals surface area contributed by atoms with Crippen molar-refractivity contribution in [2.75, 3.05) is 0 Å². The standard InChI is InChI=1S/C17H28N2/c1-12-5-4-6-15(8-12)11-17(19-18)16-9-13(2)7-14(3)10-16/h4-6,8,13-14,16-17,19H,7,9-11,18H2,1-3H3. The number of nitrogens with one attached hydrogen (secondary N) is 1. The molecule has 0 heterocycles. The Hall–Kier alpha value is -0.860. The molecule has 3 atom stereocenters. The van der Waals surface area contributed by atoms with E-state index in [1.54, 1.807) is 0 Å². The van der Waals surface area contributed by atoms with Gasteiger partial charge in [0.15, 0.2) is 0 Å². The molecule has 0 aliphatic heterocycles. The lowest BCUT2D eigenvalue weighted by Crippen LogP contribution is -2.44. The molecule has 3 N–H and O–H groups in total. The van der Waals surface area contributed by atoms with E-state index in [4.69, 9.17) is 5.84 Å². The van der Waals surface area contributed by atoms with Crippen molar-refractivity contribution >= 4 is 0 Å². The van der Waals surface area contributed by atoms with Gasteiger partial charge in [0.2, 0.25) is 0 Å². The molecule has 0 radical (unpaired) electrons. The topological polar surface area (TPSA) is 38.0 Å². The summed E-state index contributed by atoms with van der Waals surface area (Å²) in [6, 6.07) is 9.20. The summed E-state index contributed by atoms with van der Waals surface area (Å²) in [6.07, 6.45) is 5.04. The van der Waals surface area contributed by atoms with Gasteiger partial charge in [-0.1, -0.05) is 43.7 Å². The van der Waals surface area contributed by atoms with Crippen LogP contribution >= 0.6 is 0 Å². The fourth-order valence-corrected chi connectivity index (χ4v) is 3.79. The lowest BCUT2D eigenvalue weighted by atomic mass is 9.73. The Morgan fingerprint density at radius 2 is 1.89 bits per heavy atom. The maximum atomic E-state index is 5.83. The third-order valence-corrected chi connectivity index (χ3v) is 4.54. The van der Waals surface area contributed by atoms with Gasteiger partial charge < -0.3 is 0 Å². The Morgan fingerprint density at radius 3 is 2.47 bits per heavy atom. The third kappa shape index (κ3) is 4.05. The molecule has 0 aromatic heterocycles. The minimum Gasteiger partial charge on any atom is -0.271 e. The third-order valence-electron chi connectivity index (χ3n) is 4.54. The first kappa shape index (κ1) is 14.5. The molecule has 106 valence electrons. The zero-order valence-corrected chi connectivity index (χ0v) is 12.5. The largest absolute Gasteiger partial charge is 0.271 e. The zero-order valence-electron chi connectivity index (χ0n) is 12.5. The van der Waals surface area contributed by atoms with Gasteiger partial charge in [-0.25, -0.2) is 0 Å². The average molecular weight is 260 g/mol. The smallest absolute Gasteiger partial charge is 0.0279 e. The maximum absolute atomic E-state index is 5.83. The Balaban J connectivity index is 2.03. The lowest BCUT2D eigenvalue weighted by Gasteiger charge is -2.36. The van der Waals surface area contributed by atoms with Crippen LogP contribution in [0.4, 0.5) is 0 Å². The molecule has 1 aliphatic carbocycles. The Bertz CT molecular complexity index is 392. The van der Waals surface area contributed by atoms with Gasteiger partial charge in [0.1, 0.15) is 0 Å². The fourth-order valence-electron chi connectivity index (χ4n) is 3.79. The highest BCUT2D eigenvalue weighted by Gasteiger charge is 2.29. The van der Waals surface area contributed by atoms with E-state index in [1.165, 1.54) is 30.4 Å². The van der Waals surface area contributed by atoms with Crippen molar-refractivity contribution in [2.24, 2.45) is 23.6 Å². The van der Waals surface area contributed by atoms with Gasteiger partial charge in [0.05, 0.1) is 0 Å². The van der Waals surface area contributed by atoms with Crippen LogP contribution in [0.1, 0.15) is 44.2 Å². The van der Waals surface area contributed by atoms with Gasteiger partial charge >= 0.3 is 0 Å². The molecule has 2 nitrogen and oxygen atoms in total. The Labute approximate surface area is 117 Å². The van der Waals surface area contributed by atoms with Gasteiger partial charge in [-0.15, -0.1) is 0 Å². The summed E-state index contributed by atoms with van der Waals surface area (Å²) >= 11 is 0. The van der Waals surface area contributed by atoms with E-state index in [9.17, 15) is 0 Å². The molecule has 2 heteroatoms. The minimum absolute atomic E-state index is 0.409. The summed E-state index contributed by atoms with van der Waals surface area (Å²) in [5, 5.41) is 0. The number of nitrogens with two attached hydrogens (primary N) is 1. The van der Waals surface area contributed by atoms with Crippen LogP contribution in [0, 0.1) is 24.7 Å². The lowest BCUT2D eigenvalue weighted by molar-refractivity contribution is 0.175. The van der Waals surface area contributed by atoms with Crippen LogP contribution in [0.25, 0.3) is 0 Å². The van der Waals surface area contributed by atoms with E-state index in [0.29, 0.717) is 12.0 Å².